The van der Waals surface area contributed by atoms with Crippen molar-refractivity contribution in [3.05, 3.63) is 17.0 Å². The van der Waals surface area contributed by atoms with E-state index in [-0.39, 0.29) is 30.8 Å². The average Bonchev–Trinajstić information content (AvgIpc) is 3.19. The number of carbonyl (C=O) groups is 1. The summed E-state index contributed by atoms with van der Waals surface area (Å²) >= 11 is 1.22. The number of carbonyl (C=O) groups excluding carboxylic acids is 1. The Morgan fingerprint density at radius 1 is 1.17 bits per heavy atom. The molecule has 2 aliphatic rings. The first kappa shape index (κ1) is 19.7. The molecule has 3 heterocycles. The van der Waals surface area contributed by atoms with Crippen molar-refractivity contribution in [1.82, 2.24) is 9.21 Å². The largest absolute Gasteiger partial charge is 0.342 e. The minimum atomic E-state index is -3.38. The number of sulfonamides is 1. The van der Waals surface area contributed by atoms with E-state index in [1.54, 1.807) is 12.1 Å². The Balaban J connectivity index is 0.00000208. The fourth-order valence-electron chi connectivity index (χ4n) is 3.06. The predicted octanol–water partition coefficient (Wildman–Crippen LogP) is 1.45. The standard InChI is InChI=1S/C15H23N3O3S2.ClH/c16-12-5-9-17(10-6-12)14(19)11-13-3-4-15(22-13)23(20,21)18-7-1-2-8-18;/h3-4,12H,1-2,5-11,16H2;1H. The van der Waals surface area contributed by atoms with Gasteiger partial charge in [0.15, 0.2) is 0 Å². The predicted molar refractivity (Wildman–Crippen MR) is 97.1 cm³/mol. The number of rotatable bonds is 4. The summed E-state index contributed by atoms with van der Waals surface area (Å²) in [5.41, 5.74) is 5.85. The number of halogens is 1. The van der Waals surface area contributed by atoms with Gasteiger partial charge in [-0.25, -0.2) is 8.42 Å². The molecular weight excluding hydrogens is 370 g/mol. The summed E-state index contributed by atoms with van der Waals surface area (Å²) in [6, 6.07) is 3.59. The lowest BCUT2D eigenvalue weighted by atomic mass is 10.1. The number of hydrogen-bond donors (Lipinski definition) is 1. The lowest BCUT2D eigenvalue weighted by Gasteiger charge is -2.30. The molecule has 0 radical (unpaired) electrons. The Morgan fingerprint density at radius 3 is 2.42 bits per heavy atom. The molecule has 1 aromatic heterocycles. The van der Waals surface area contributed by atoms with Crippen molar-refractivity contribution in [3.8, 4) is 0 Å². The number of nitrogens with zero attached hydrogens (tertiary/aromatic N) is 2. The van der Waals surface area contributed by atoms with Crippen LogP contribution in [0.4, 0.5) is 0 Å². The Bertz CT molecular complexity index is 663. The Hall–Kier alpha value is -0.670. The fourth-order valence-corrected chi connectivity index (χ4v) is 6.08. The van der Waals surface area contributed by atoms with Gasteiger partial charge in [0.25, 0.3) is 10.0 Å². The van der Waals surface area contributed by atoms with Crippen LogP contribution in [0.3, 0.4) is 0 Å². The zero-order valence-corrected chi connectivity index (χ0v) is 16.0. The molecule has 0 atom stereocenters. The number of nitrogens with two attached hydrogens (primary N) is 1. The number of piperidine rings is 1. The highest BCUT2D eigenvalue weighted by atomic mass is 35.5. The maximum absolute atomic E-state index is 12.5. The highest BCUT2D eigenvalue weighted by Gasteiger charge is 2.29. The van der Waals surface area contributed by atoms with Crippen molar-refractivity contribution in [1.29, 1.82) is 0 Å². The molecular formula is C15H24ClN3O3S2. The zero-order valence-electron chi connectivity index (χ0n) is 13.5. The quantitative estimate of drug-likeness (QED) is 0.839. The second-order valence-corrected chi connectivity index (χ2v) is 9.56. The average molecular weight is 394 g/mol. The molecule has 6 nitrogen and oxygen atoms in total. The number of thiophene rings is 1. The summed E-state index contributed by atoms with van der Waals surface area (Å²) in [5.74, 6) is 0.0591. The first-order valence-corrected chi connectivity index (χ1v) is 10.3. The van der Waals surface area contributed by atoms with Crippen LogP contribution in [0.1, 0.15) is 30.6 Å². The monoisotopic (exact) mass is 393 g/mol. The lowest BCUT2D eigenvalue weighted by molar-refractivity contribution is -0.131. The molecule has 0 saturated carbocycles. The van der Waals surface area contributed by atoms with Crippen molar-refractivity contribution in [2.75, 3.05) is 26.2 Å². The highest BCUT2D eigenvalue weighted by molar-refractivity contribution is 7.91. The van der Waals surface area contributed by atoms with E-state index in [9.17, 15) is 13.2 Å². The molecule has 2 N–H and O–H groups in total. The molecule has 136 valence electrons. The number of hydrogen-bond acceptors (Lipinski definition) is 5. The van der Waals surface area contributed by atoms with E-state index in [4.69, 9.17) is 5.73 Å². The van der Waals surface area contributed by atoms with Gasteiger partial charge in [0.2, 0.25) is 5.91 Å². The van der Waals surface area contributed by atoms with E-state index < -0.39 is 10.0 Å². The van der Waals surface area contributed by atoms with Gasteiger partial charge in [-0.3, -0.25) is 4.79 Å². The van der Waals surface area contributed by atoms with E-state index in [0.717, 1.165) is 30.6 Å². The van der Waals surface area contributed by atoms with Crippen LogP contribution in [0, 0.1) is 0 Å². The second kappa shape index (κ2) is 8.14. The van der Waals surface area contributed by atoms with E-state index in [1.165, 1.54) is 15.6 Å². The molecule has 1 aromatic rings. The highest BCUT2D eigenvalue weighted by Crippen LogP contribution is 2.28. The van der Waals surface area contributed by atoms with Crippen molar-refractivity contribution >= 4 is 39.7 Å². The van der Waals surface area contributed by atoms with Crippen molar-refractivity contribution in [3.63, 3.8) is 0 Å². The molecule has 2 saturated heterocycles. The topological polar surface area (TPSA) is 83.7 Å². The van der Waals surface area contributed by atoms with Gasteiger partial charge in [-0.05, 0) is 37.8 Å². The van der Waals surface area contributed by atoms with Gasteiger partial charge in [-0.1, -0.05) is 0 Å². The van der Waals surface area contributed by atoms with Crippen LogP contribution in [0.5, 0.6) is 0 Å². The Morgan fingerprint density at radius 2 is 1.79 bits per heavy atom. The van der Waals surface area contributed by atoms with E-state index in [1.807, 2.05) is 4.90 Å². The molecule has 3 rings (SSSR count). The first-order valence-electron chi connectivity index (χ1n) is 8.09. The molecule has 1 amide bonds. The molecule has 2 fully saturated rings. The first-order chi connectivity index (χ1) is 11.0. The second-order valence-electron chi connectivity index (χ2n) is 6.23. The minimum absolute atomic E-state index is 0. The summed E-state index contributed by atoms with van der Waals surface area (Å²) in [4.78, 5) is 15.0. The molecule has 0 spiro atoms. The number of amides is 1. The molecule has 0 unspecified atom stereocenters. The Labute approximate surface area is 153 Å². The summed E-state index contributed by atoms with van der Waals surface area (Å²) < 4.78 is 26.9. The van der Waals surface area contributed by atoms with Gasteiger partial charge in [-0.15, -0.1) is 23.7 Å². The SMILES string of the molecule is Cl.NC1CCN(C(=O)Cc2ccc(S(=O)(=O)N3CCCC3)s2)CC1. The normalized spacial score (nSPS) is 20.1. The van der Waals surface area contributed by atoms with Gasteiger partial charge in [0.1, 0.15) is 4.21 Å². The van der Waals surface area contributed by atoms with Crippen LogP contribution < -0.4 is 5.73 Å². The van der Waals surface area contributed by atoms with Crippen molar-refractivity contribution < 1.29 is 13.2 Å². The summed E-state index contributed by atoms with van der Waals surface area (Å²) in [6.45, 7) is 2.60. The molecule has 9 heteroatoms. The summed E-state index contributed by atoms with van der Waals surface area (Å²) in [6.07, 6.45) is 3.80. The maximum Gasteiger partial charge on any atom is 0.252 e. The van der Waals surface area contributed by atoms with Crippen LogP contribution in [0.15, 0.2) is 16.3 Å². The van der Waals surface area contributed by atoms with Gasteiger partial charge in [0, 0.05) is 37.1 Å². The minimum Gasteiger partial charge on any atom is -0.342 e. The van der Waals surface area contributed by atoms with Gasteiger partial charge >= 0.3 is 0 Å². The zero-order chi connectivity index (χ0) is 16.4. The molecule has 24 heavy (non-hydrogen) atoms. The molecule has 2 aliphatic heterocycles. The summed E-state index contributed by atoms with van der Waals surface area (Å²) in [7, 11) is -3.38. The van der Waals surface area contributed by atoms with Gasteiger partial charge < -0.3 is 10.6 Å². The third kappa shape index (κ3) is 4.29. The maximum atomic E-state index is 12.5. The van der Waals surface area contributed by atoms with Crippen LogP contribution in [0.2, 0.25) is 0 Å². The van der Waals surface area contributed by atoms with E-state index in [2.05, 4.69) is 0 Å². The van der Waals surface area contributed by atoms with Crippen LogP contribution >= 0.6 is 23.7 Å². The fraction of sp³-hybridized carbons (Fsp3) is 0.667. The molecule has 0 aromatic carbocycles. The Kier molecular flexibility index (Phi) is 6.66. The van der Waals surface area contributed by atoms with Gasteiger partial charge in [0.05, 0.1) is 6.42 Å². The van der Waals surface area contributed by atoms with Crippen LogP contribution in [-0.2, 0) is 21.2 Å². The third-order valence-electron chi connectivity index (χ3n) is 4.51. The molecule has 0 aliphatic carbocycles. The van der Waals surface area contributed by atoms with Crippen molar-refractivity contribution in [2.45, 2.75) is 42.4 Å². The van der Waals surface area contributed by atoms with Crippen molar-refractivity contribution in [2.24, 2.45) is 5.73 Å². The third-order valence-corrected chi connectivity index (χ3v) is 7.97. The smallest absolute Gasteiger partial charge is 0.252 e. The van der Waals surface area contributed by atoms with Gasteiger partial charge in [-0.2, -0.15) is 4.31 Å². The lowest BCUT2D eigenvalue weighted by Crippen LogP contribution is -2.43. The molecule has 0 bridgehead atoms. The van der Waals surface area contributed by atoms with Crippen LogP contribution in [-0.4, -0.2) is 55.8 Å². The van der Waals surface area contributed by atoms with E-state index in [0.29, 0.717) is 30.4 Å². The van der Waals surface area contributed by atoms with E-state index >= 15 is 0 Å². The van der Waals surface area contributed by atoms with Crippen LogP contribution in [0.25, 0.3) is 0 Å². The number of likely N-dealkylation sites (tertiary alicyclic amines) is 1. The summed E-state index contributed by atoms with van der Waals surface area (Å²) in [5, 5.41) is 0.